The average molecular weight is 311 g/mol. The van der Waals surface area contributed by atoms with E-state index in [1.807, 2.05) is 0 Å². The number of carboxylic acids is 1. The third kappa shape index (κ3) is 5.16. The first-order chi connectivity index (χ1) is 10.3. The maximum absolute atomic E-state index is 12.8. The molecule has 0 unspecified atom stereocenters. The molecule has 0 spiro atoms. The molecule has 0 radical (unpaired) electrons. The Hall–Kier alpha value is -2.44. The number of benzene rings is 1. The monoisotopic (exact) mass is 311 g/mol. The highest BCUT2D eigenvalue weighted by molar-refractivity contribution is 5.96. The fourth-order valence-electron chi connectivity index (χ4n) is 1.80. The minimum Gasteiger partial charge on any atom is -0.480 e. The van der Waals surface area contributed by atoms with Crippen LogP contribution in [0.5, 0.6) is 0 Å². The van der Waals surface area contributed by atoms with Crippen LogP contribution in [0.15, 0.2) is 24.3 Å². The molecule has 1 aromatic rings. The Morgan fingerprint density at radius 1 is 1.27 bits per heavy atom. The van der Waals surface area contributed by atoms with E-state index in [9.17, 15) is 18.8 Å². The highest BCUT2D eigenvalue weighted by Crippen LogP contribution is 2.10. The smallest absolute Gasteiger partial charge is 0.326 e. The Bertz CT molecular complexity index is 543. The molecule has 2 atom stereocenters. The molecule has 0 saturated carbocycles. The van der Waals surface area contributed by atoms with Gasteiger partial charge in [0.25, 0.3) is 5.91 Å². The fourth-order valence-corrected chi connectivity index (χ4v) is 1.80. The molecule has 0 fully saturated rings. The van der Waals surface area contributed by atoms with Crippen LogP contribution in [0.1, 0.15) is 30.6 Å². The van der Waals surface area contributed by atoms with Crippen LogP contribution in [0, 0.1) is 11.7 Å². The summed E-state index contributed by atoms with van der Waals surface area (Å²) in [5.41, 5.74) is 0.136. The molecule has 0 aliphatic rings. The maximum atomic E-state index is 12.8. The minimum absolute atomic E-state index is 0.0961. The molecule has 0 aliphatic heterocycles. The zero-order valence-electron chi connectivity index (χ0n) is 12.3. The van der Waals surface area contributed by atoms with Crippen molar-refractivity contribution in [3.05, 3.63) is 35.6 Å². The number of halogens is 1. The molecule has 120 valence electrons. The van der Waals surface area contributed by atoms with Crippen molar-refractivity contribution in [1.82, 2.24) is 5.32 Å². The van der Waals surface area contributed by atoms with Gasteiger partial charge in [0, 0.05) is 5.56 Å². The van der Waals surface area contributed by atoms with Crippen LogP contribution in [0.25, 0.3) is 0 Å². The number of aliphatic carboxylic acids is 1. The van der Waals surface area contributed by atoms with E-state index >= 15 is 0 Å². The lowest BCUT2D eigenvalue weighted by molar-refractivity contribution is -0.148. The van der Waals surface area contributed by atoms with Gasteiger partial charge < -0.3 is 15.2 Å². The molecule has 0 bridgehead atoms. The Balaban J connectivity index is 2.71. The van der Waals surface area contributed by atoms with Crippen molar-refractivity contribution in [2.45, 2.75) is 26.3 Å². The lowest BCUT2D eigenvalue weighted by Crippen LogP contribution is -2.42. The van der Waals surface area contributed by atoms with E-state index in [0.29, 0.717) is 0 Å². The van der Waals surface area contributed by atoms with Gasteiger partial charge in [-0.1, -0.05) is 6.92 Å². The van der Waals surface area contributed by atoms with Crippen LogP contribution in [-0.4, -0.2) is 35.6 Å². The number of carbonyl (C=O) groups is 3. The SMILES string of the molecule is CCOC(=O)[C@H](C)C[C@@H](NC(=O)c1ccc(F)cc1)C(=O)O. The topological polar surface area (TPSA) is 92.7 Å². The summed E-state index contributed by atoms with van der Waals surface area (Å²) in [5.74, 6) is -3.60. The van der Waals surface area contributed by atoms with Crippen molar-refractivity contribution < 1.29 is 28.6 Å². The zero-order chi connectivity index (χ0) is 16.7. The predicted molar refractivity (Wildman–Crippen MR) is 75.7 cm³/mol. The molecule has 0 aliphatic carbocycles. The first-order valence-electron chi connectivity index (χ1n) is 6.81. The van der Waals surface area contributed by atoms with Crippen LogP contribution in [0.3, 0.4) is 0 Å². The van der Waals surface area contributed by atoms with Crippen LogP contribution in [-0.2, 0) is 14.3 Å². The summed E-state index contributed by atoms with van der Waals surface area (Å²) in [5, 5.41) is 11.5. The first kappa shape index (κ1) is 17.6. The van der Waals surface area contributed by atoms with Gasteiger partial charge in [-0.25, -0.2) is 9.18 Å². The van der Waals surface area contributed by atoms with Crippen molar-refractivity contribution >= 4 is 17.8 Å². The largest absolute Gasteiger partial charge is 0.480 e. The third-order valence-electron chi connectivity index (χ3n) is 2.99. The van der Waals surface area contributed by atoms with Gasteiger partial charge in [0.15, 0.2) is 0 Å². The number of esters is 1. The summed E-state index contributed by atoms with van der Waals surface area (Å²) in [6.07, 6.45) is -0.0961. The standard InChI is InChI=1S/C15H18FNO5/c1-3-22-15(21)9(2)8-12(14(19)20)17-13(18)10-4-6-11(16)7-5-10/h4-7,9,12H,3,8H2,1-2H3,(H,17,18)(H,19,20)/t9-,12-/m1/s1. The van der Waals surface area contributed by atoms with Crippen molar-refractivity contribution in [2.24, 2.45) is 5.92 Å². The lowest BCUT2D eigenvalue weighted by atomic mass is 10.0. The van der Waals surface area contributed by atoms with Crippen LogP contribution in [0.4, 0.5) is 4.39 Å². The van der Waals surface area contributed by atoms with Gasteiger partial charge in [-0.2, -0.15) is 0 Å². The summed E-state index contributed by atoms with van der Waals surface area (Å²) in [6, 6.07) is 3.46. The second-order valence-electron chi connectivity index (χ2n) is 4.76. The summed E-state index contributed by atoms with van der Waals surface area (Å²) in [4.78, 5) is 34.7. The molecule has 0 heterocycles. The van der Waals surface area contributed by atoms with Gasteiger partial charge in [-0.15, -0.1) is 0 Å². The fraction of sp³-hybridized carbons (Fsp3) is 0.400. The highest BCUT2D eigenvalue weighted by Gasteiger charge is 2.26. The lowest BCUT2D eigenvalue weighted by Gasteiger charge is -2.18. The van der Waals surface area contributed by atoms with E-state index < -0.39 is 35.6 Å². The third-order valence-corrected chi connectivity index (χ3v) is 2.99. The second-order valence-corrected chi connectivity index (χ2v) is 4.76. The van der Waals surface area contributed by atoms with Crippen LogP contribution < -0.4 is 5.32 Å². The van der Waals surface area contributed by atoms with Crippen molar-refractivity contribution in [1.29, 1.82) is 0 Å². The molecule has 0 aromatic heterocycles. The summed E-state index contributed by atoms with van der Waals surface area (Å²) in [7, 11) is 0. The van der Waals surface area contributed by atoms with Crippen LogP contribution >= 0.6 is 0 Å². The van der Waals surface area contributed by atoms with E-state index in [0.717, 1.165) is 12.1 Å². The van der Waals surface area contributed by atoms with E-state index in [2.05, 4.69) is 5.32 Å². The number of carboxylic acid groups (broad SMARTS) is 1. The van der Waals surface area contributed by atoms with Gasteiger partial charge in [-0.05, 0) is 37.6 Å². The van der Waals surface area contributed by atoms with E-state index in [-0.39, 0.29) is 18.6 Å². The van der Waals surface area contributed by atoms with Crippen molar-refractivity contribution in [2.75, 3.05) is 6.61 Å². The highest BCUT2D eigenvalue weighted by atomic mass is 19.1. The molecule has 22 heavy (non-hydrogen) atoms. The molecule has 6 nitrogen and oxygen atoms in total. The van der Waals surface area contributed by atoms with Gasteiger partial charge in [0.05, 0.1) is 12.5 Å². The van der Waals surface area contributed by atoms with Gasteiger partial charge in [0.1, 0.15) is 11.9 Å². The van der Waals surface area contributed by atoms with Crippen molar-refractivity contribution in [3.63, 3.8) is 0 Å². The molecule has 1 amide bonds. The zero-order valence-corrected chi connectivity index (χ0v) is 12.3. The number of ether oxygens (including phenoxy) is 1. The average Bonchev–Trinajstić information content (AvgIpc) is 2.47. The summed E-state index contributed by atoms with van der Waals surface area (Å²) < 4.78 is 17.6. The Kier molecular flexibility index (Phi) is 6.49. The van der Waals surface area contributed by atoms with Gasteiger partial charge >= 0.3 is 11.9 Å². The van der Waals surface area contributed by atoms with E-state index in [1.54, 1.807) is 6.92 Å². The summed E-state index contributed by atoms with van der Waals surface area (Å²) in [6.45, 7) is 3.37. The maximum Gasteiger partial charge on any atom is 0.326 e. The number of carbonyl (C=O) groups excluding carboxylic acids is 2. The summed E-state index contributed by atoms with van der Waals surface area (Å²) >= 11 is 0. The molecular formula is C15H18FNO5. The van der Waals surface area contributed by atoms with E-state index in [1.165, 1.54) is 19.1 Å². The molecule has 1 aromatic carbocycles. The van der Waals surface area contributed by atoms with Crippen molar-refractivity contribution in [3.8, 4) is 0 Å². The number of nitrogens with one attached hydrogen (secondary N) is 1. The molecule has 7 heteroatoms. The normalized spacial score (nSPS) is 13.0. The molecule has 1 rings (SSSR count). The quantitative estimate of drug-likeness (QED) is 0.746. The van der Waals surface area contributed by atoms with Gasteiger partial charge in [-0.3, -0.25) is 9.59 Å². The van der Waals surface area contributed by atoms with E-state index in [4.69, 9.17) is 9.84 Å². The predicted octanol–water partition coefficient (Wildman–Crippen LogP) is 1.60. The molecule has 0 saturated heterocycles. The Labute approximate surface area is 127 Å². The second kappa shape index (κ2) is 8.11. The molecular weight excluding hydrogens is 293 g/mol. The number of hydrogen-bond acceptors (Lipinski definition) is 4. The number of rotatable bonds is 7. The van der Waals surface area contributed by atoms with Gasteiger partial charge in [0.2, 0.25) is 0 Å². The minimum atomic E-state index is -1.26. The Morgan fingerprint density at radius 3 is 2.36 bits per heavy atom. The number of hydrogen-bond donors (Lipinski definition) is 2. The Morgan fingerprint density at radius 2 is 1.86 bits per heavy atom. The van der Waals surface area contributed by atoms with Crippen LogP contribution in [0.2, 0.25) is 0 Å². The number of amides is 1. The first-order valence-corrected chi connectivity index (χ1v) is 6.81. The molecule has 2 N–H and O–H groups in total.